The van der Waals surface area contributed by atoms with Crippen molar-refractivity contribution in [3.63, 3.8) is 0 Å². The van der Waals surface area contributed by atoms with Gasteiger partial charge in [-0.05, 0) is 37.1 Å². The average molecular weight is 255 g/mol. The molecule has 0 amide bonds. The molecule has 0 aliphatic rings. The molecule has 1 heterocycles. The van der Waals surface area contributed by atoms with Crippen molar-refractivity contribution < 1.29 is 0 Å². The first-order valence-corrected chi connectivity index (χ1v) is 6.75. The number of benzene rings is 1. The molecular weight excluding hydrogens is 234 g/mol. The van der Waals surface area contributed by atoms with Crippen molar-refractivity contribution in [2.24, 2.45) is 5.92 Å². The predicted octanol–water partition coefficient (Wildman–Crippen LogP) is 3.06. The zero-order valence-electron chi connectivity index (χ0n) is 11.9. The molecule has 1 aromatic carbocycles. The van der Waals surface area contributed by atoms with E-state index in [1.165, 1.54) is 5.56 Å². The number of hydrogen-bond donors (Lipinski definition) is 1. The van der Waals surface area contributed by atoms with E-state index < -0.39 is 0 Å². The van der Waals surface area contributed by atoms with Crippen LogP contribution in [0.15, 0.2) is 36.4 Å². The van der Waals surface area contributed by atoms with Gasteiger partial charge in [-0.2, -0.15) is 10.2 Å². The fraction of sp³-hybridized carbons (Fsp3) is 0.375. The van der Waals surface area contributed by atoms with Crippen molar-refractivity contribution >= 4 is 0 Å². The average Bonchev–Trinajstić information content (AvgIpc) is 2.40. The largest absolute Gasteiger partial charge is 0.314 e. The van der Waals surface area contributed by atoms with Crippen molar-refractivity contribution in [2.75, 3.05) is 7.05 Å². The lowest BCUT2D eigenvalue weighted by Crippen LogP contribution is -2.07. The molecule has 1 aromatic heterocycles. The van der Waals surface area contributed by atoms with E-state index >= 15 is 0 Å². The highest BCUT2D eigenvalue weighted by Crippen LogP contribution is 2.18. The molecule has 100 valence electrons. The third kappa shape index (κ3) is 3.86. The fourth-order valence-corrected chi connectivity index (χ4v) is 2.07. The number of rotatable bonds is 5. The molecular formula is C16H21N3. The summed E-state index contributed by atoms with van der Waals surface area (Å²) in [6.07, 6.45) is 1.12. The van der Waals surface area contributed by atoms with Crippen LogP contribution in [0.1, 0.15) is 25.1 Å². The first kappa shape index (κ1) is 13.7. The summed E-state index contributed by atoms with van der Waals surface area (Å²) in [5.74, 6) is 0.687. The van der Waals surface area contributed by atoms with Gasteiger partial charge in [0.15, 0.2) is 0 Å². The molecule has 1 N–H and O–H groups in total. The third-order valence-corrected chi connectivity index (χ3v) is 2.97. The molecule has 0 saturated heterocycles. The van der Waals surface area contributed by atoms with Crippen LogP contribution in [0.3, 0.4) is 0 Å². The topological polar surface area (TPSA) is 37.8 Å². The number of hydrogen-bond acceptors (Lipinski definition) is 3. The zero-order valence-corrected chi connectivity index (χ0v) is 11.9. The van der Waals surface area contributed by atoms with Gasteiger partial charge in [0, 0.05) is 12.1 Å². The molecule has 0 radical (unpaired) electrons. The molecule has 2 aromatic rings. The minimum atomic E-state index is 0.687. The molecule has 0 unspecified atom stereocenters. The zero-order chi connectivity index (χ0) is 13.7. The Hall–Kier alpha value is -1.74. The molecule has 0 aliphatic heterocycles. The second-order valence-electron chi connectivity index (χ2n) is 5.24. The quantitative estimate of drug-likeness (QED) is 0.892. The lowest BCUT2D eigenvalue weighted by Gasteiger charge is -2.06. The molecule has 19 heavy (non-hydrogen) atoms. The highest BCUT2D eigenvalue weighted by atomic mass is 15.1. The van der Waals surface area contributed by atoms with Crippen molar-refractivity contribution in [2.45, 2.75) is 26.8 Å². The van der Waals surface area contributed by atoms with Crippen LogP contribution in [0.4, 0.5) is 0 Å². The summed E-state index contributed by atoms with van der Waals surface area (Å²) >= 11 is 0. The summed E-state index contributed by atoms with van der Waals surface area (Å²) in [6, 6.07) is 12.6. The Morgan fingerprint density at radius 2 is 1.74 bits per heavy atom. The molecule has 3 heteroatoms. The van der Waals surface area contributed by atoms with Gasteiger partial charge < -0.3 is 5.32 Å². The Morgan fingerprint density at radius 3 is 2.26 bits per heavy atom. The normalized spacial score (nSPS) is 10.9. The summed E-state index contributed by atoms with van der Waals surface area (Å²) < 4.78 is 0. The number of aromatic nitrogens is 2. The molecule has 0 spiro atoms. The van der Waals surface area contributed by atoms with Crippen LogP contribution >= 0.6 is 0 Å². The van der Waals surface area contributed by atoms with Gasteiger partial charge in [0.1, 0.15) is 0 Å². The summed E-state index contributed by atoms with van der Waals surface area (Å²) in [5.41, 5.74) is 4.38. The molecule has 0 fully saturated rings. The summed E-state index contributed by atoms with van der Waals surface area (Å²) in [5, 5.41) is 11.5. The number of nitrogens with one attached hydrogen (secondary N) is 1. The third-order valence-electron chi connectivity index (χ3n) is 2.97. The molecule has 2 rings (SSSR count). The smallest absolute Gasteiger partial charge is 0.0929 e. The van der Waals surface area contributed by atoms with E-state index in [0.717, 1.165) is 29.9 Å². The molecule has 0 aliphatic carbocycles. The van der Waals surface area contributed by atoms with E-state index in [-0.39, 0.29) is 0 Å². The van der Waals surface area contributed by atoms with E-state index in [1.54, 1.807) is 0 Å². The summed E-state index contributed by atoms with van der Waals surface area (Å²) in [6.45, 7) is 5.22. The van der Waals surface area contributed by atoms with Gasteiger partial charge in [0.2, 0.25) is 0 Å². The van der Waals surface area contributed by atoms with E-state index in [2.05, 4.69) is 53.6 Å². The minimum Gasteiger partial charge on any atom is -0.314 e. The molecule has 0 atom stereocenters. The van der Waals surface area contributed by atoms with Gasteiger partial charge >= 0.3 is 0 Å². The monoisotopic (exact) mass is 255 g/mol. The lowest BCUT2D eigenvalue weighted by molar-refractivity contribution is 0.647. The van der Waals surface area contributed by atoms with Gasteiger partial charge in [0.05, 0.1) is 11.4 Å². The predicted molar refractivity (Wildman–Crippen MR) is 78.8 cm³/mol. The van der Waals surface area contributed by atoms with Crippen molar-refractivity contribution in [3.8, 4) is 11.3 Å². The van der Waals surface area contributed by atoms with Crippen LogP contribution in [0.25, 0.3) is 11.3 Å². The van der Waals surface area contributed by atoms with Crippen LogP contribution in [0, 0.1) is 5.92 Å². The molecule has 3 nitrogen and oxygen atoms in total. The number of nitrogens with zero attached hydrogens (tertiary/aromatic N) is 2. The highest BCUT2D eigenvalue weighted by molar-refractivity contribution is 5.58. The summed E-state index contributed by atoms with van der Waals surface area (Å²) in [7, 11) is 1.91. The minimum absolute atomic E-state index is 0.687. The summed E-state index contributed by atoms with van der Waals surface area (Å²) in [4.78, 5) is 0. The van der Waals surface area contributed by atoms with Crippen LogP contribution in [0.5, 0.6) is 0 Å². The van der Waals surface area contributed by atoms with Gasteiger partial charge in [-0.3, -0.25) is 0 Å². The van der Waals surface area contributed by atoms with E-state index in [9.17, 15) is 0 Å². The van der Waals surface area contributed by atoms with Gasteiger partial charge in [0.25, 0.3) is 0 Å². The maximum Gasteiger partial charge on any atom is 0.0929 e. The van der Waals surface area contributed by atoms with Gasteiger partial charge in [-0.15, -0.1) is 0 Å². The van der Waals surface area contributed by atoms with Crippen molar-refractivity contribution in [1.29, 1.82) is 0 Å². The first-order chi connectivity index (χ1) is 9.19. The SMILES string of the molecule is CNCc1ccc(-c2ccc(CC(C)C)cc2)nn1. The van der Waals surface area contributed by atoms with Crippen LogP contribution in [0.2, 0.25) is 0 Å². The Bertz CT molecular complexity index is 501. The Kier molecular flexibility index (Phi) is 4.63. The maximum absolute atomic E-state index is 4.27. The Morgan fingerprint density at radius 1 is 1.00 bits per heavy atom. The standard InChI is InChI=1S/C16H21N3/c1-12(2)10-13-4-6-14(7-5-13)16-9-8-15(11-17-3)18-19-16/h4-9,12,17H,10-11H2,1-3H3. The Balaban J connectivity index is 2.13. The second-order valence-corrected chi connectivity index (χ2v) is 5.24. The van der Waals surface area contributed by atoms with E-state index in [0.29, 0.717) is 5.92 Å². The molecule has 0 bridgehead atoms. The van der Waals surface area contributed by atoms with Crippen molar-refractivity contribution in [1.82, 2.24) is 15.5 Å². The lowest BCUT2D eigenvalue weighted by atomic mass is 10.0. The maximum atomic E-state index is 4.27. The fourth-order valence-electron chi connectivity index (χ4n) is 2.07. The Labute approximate surface area is 115 Å². The van der Waals surface area contributed by atoms with E-state index in [1.807, 2.05) is 19.2 Å². The van der Waals surface area contributed by atoms with Crippen LogP contribution in [-0.4, -0.2) is 17.2 Å². The highest BCUT2D eigenvalue weighted by Gasteiger charge is 2.02. The van der Waals surface area contributed by atoms with Crippen molar-refractivity contribution in [3.05, 3.63) is 47.7 Å². The van der Waals surface area contributed by atoms with Crippen LogP contribution < -0.4 is 5.32 Å². The second kappa shape index (κ2) is 6.43. The molecule has 0 saturated carbocycles. The van der Waals surface area contributed by atoms with E-state index in [4.69, 9.17) is 0 Å². The first-order valence-electron chi connectivity index (χ1n) is 6.75. The van der Waals surface area contributed by atoms with Gasteiger partial charge in [-0.1, -0.05) is 38.1 Å². The van der Waals surface area contributed by atoms with Gasteiger partial charge in [-0.25, -0.2) is 0 Å². The van der Waals surface area contributed by atoms with Crippen LogP contribution in [-0.2, 0) is 13.0 Å².